The molecule has 0 radical (unpaired) electrons. The van der Waals surface area contributed by atoms with Gasteiger partial charge in [-0.05, 0) is 43.0 Å². The Morgan fingerprint density at radius 1 is 1.22 bits per heavy atom. The van der Waals surface area contributed by atoms with Gasteiger partial charge < -0.3 is 15.5 Å². The molecule has 1 aromatic rings. The van der Waals surface area contributed by atoms with Crippen LogP contribution in [0.5, 0.6) is 0 Å². The van der Waals surface area contributed by atoms with Crippen LogP contribution in [0.15, 0.2) is 23.2 Å². The Balaban J connectivity index is 0.00000364. The number of hydrogen-bond acceptors (Lipinski definition) is 2. The number of nitrogens with zero attached hydrogens (tertiary/aromatic N) is 2. The van der Waals surface area contributed by atoms with Gasteiger partial charge in [-0.25, -0.2) is 8.78 Å². The van der Waals surface area contributed by atoms with E-state index in [-0.39, 0.29) is 29.9 Å². The average molecular weight is 494 g/mol. The number of guanidine groups is 1. The molecule has 1 aliphatic carbocycles. The minimum atomic E-state index is -0.450. The van der Waals surface area contributed by atoms with Gasteiger partial charge in [0.15, 0.2) is 5.96 Å². The summed E-state index contributed by atoms with van der Waals surface area (Å²) in [6.45, 7) is 0.923. The van der Waals surface area contributed by atoms with E-state index in [9.17, 15) is 13.6 Å². The number of rotatable bonds is 6. The predicted octanol–water partition coefficient (Wildman–Crippen LogP) is 2.94. The molecule has 0 unspecified atom stereocenters. The number of carbonyl (C=O) groups is 1. The fourth-order valence-corrected chi connectivity index (χ4v) is 3.52. The lowest BCUT2D eigenvalue weighted by Crippen LogP contribution is -2.49. The smallest absolute Gasteiger partial charge is 0.230 e. The van der Waals surface area contributed by atoms with Crippen molar-refractivity contribution in [2.75, 3.05) is 34.2 Å². The second-order valence-electron chi connectivity index (χ2n) is 7.03. The first-order chi connectivity index (χ1) is 12.4. The third-order valence-corrected chi connectivity index (χ3v) is 4.93. The summed E-state index contributed by atoms with van der Waals surface area (Å²) in [4.78, 5) is 18.4. The lowest BCUT2D eigenvalue weighted by atomic mass is 9.84. The Morgan fingerprint density at radius 2 is 1.89 bits per heavy atom. The topological polar surface area (TPSA) is 56.7 Å². The normalized spacial score (nSPS) is 15.8. The molecule has 1 fully saturated rings. The number of halogens is 3. The van der Waals surface area contributed by atoms with Crippen LogP contribution in [0.2, 0.25) is 0 Å². The summed E-state index contributed by atoms with van der Waals surface area (Å²) in [6, 6.07) is 3.44. The van der Waals surface area contributed by atoms with Crippen molar-refractivity contribution in [3.8, 4) is 0 Å². The summed E-state index contributed by atoms with van der Waals surface area (Å²) >= 11 is 0. The lowest BCUT2D eigenvalue weighted by molar-refractivity contribution is -0.138. The molecule has 0 heterocycles. The van der Waals surface area contributed by atoms with Crippen LogP contribution >= 0.6 is 24.0 Å². The SMILES string of the molecule is CN=C(NCCc1cc(F)ccc1F)NCC1(C(=O)N(C)C)CCCC1.I. The van der Waals surface area contributed by atoms with Gasteiger partial charge in [0, 0.05) is 34.2 Å². The number of benzene rings is 1. The van der Waals surface area contributed by atoms with Crippen molar-refractivity contribution in [1.29, 1.82) is 0 Å². The first kappa shape index (κ1) is 23.6. The average Bonchev–Trinajstić information content (AvgIpc) is 3.10. The van der Waals surface area contributed by atoms with Gasteiger partial charge in [0.2, 0.25) is 5.91 Å². The standard InChI is InChI=1S/C19H28F2N4O.HI/c1-22-18(23-11-8-14-12-15(20)6-7-16(14)21)24-13-19(9-4-5-10-19)17(26)25(2)3;/h6-7,12H,4-5,8-11,13H2,1-3H3,(H2,22,23,24);1H. The molecule has 0 aromatic heterocycles. The fourth-order valence-electron chi connectivity index (χ4n) is 3.52. The summed E-state index contributed by atoms with van der Waals surface area (Å²) < 4.78 is 26.9. The van der Waals surface area contributed by atoms with Gasteiger partial charge in [-0.15, -0.1) is 24.0 Å². The highest BCUT2D eigenvalue weighted by Gasteiger charge is 2.42. The number of carbonyl (C=O) groups excluding carboxylic acids is 1. The van der Waals surface area contributed by atoms with Crippen LogP contribution in [0.4, 0.5) is 8.78 Å². The Labute approximate surface area is 177 Å². The summed E-state index contributed by atoms with van der Waals surface area (Å²) in [5.74, 6) is -0.175. The van der Waals surface area contributed by atoms with Crippen molar-refractivity contribution in [1.82, 2.24) is 15.5 Å². The number of nitrogens with one attached hydrogen (secondary N) is 2. The van der Waals surface area contributed by atoms with Crippen LogP contribution in [-0.2, 0) is 11.2 Å². The van der Waals surface area contributed by atoms with Gasteiger partial charge in [-0.1, -0.05) is 12.8 Å². The summed E-state index contributed by atoms with van der Waals surface area (Å²) in [6.07, 6.45) is 4.16. The monoisotopic (exact) mass is 494 g/mol. The van der Waals surface area contributed by atoms with E-state index in [1.807, 2.05) is 0 Å². The molecular weight excluding hydrogens is 465 g/mol. The van der Waals surface area contributed by atoms with E-state index in [1.165, 1.54) is 6.07 Å². The molecule has 0 aliphatic heterocycles. The van der Waals surface area contributed by atoms with Crippen LogP contribution in [0.1, 0.15) is 31.2 Å². The quantitative estimate of drug-likeness (QED) is 0.364. The molecule has 0 spiro atoms. The summed E-state index contributed by atoms with van der Waals surface area (Å²) in [7, 11) is 5.21. The third kappa shape index (κ3) is 6.29. The van der Waals surface area contributed by atoms with Crippen LogP contribution in [0, 0.1) is 17.0 Å². The number of hydrogen-bond donors (Lipinski definition) is 2. The molecule has 27 heavy (non-hydrogen) atoms. The highest BCUT2D eigenvalue weighted by Crippen LogP contribution is 2.38. The van der Waals surface area contributed by atoms with E-state index in [4.69, 9.17) is 0 Å². The van der Waals surface area contributed by atoms with E-state index in [1.54, 1.807) is 26.0 Å². The molecule has 8 heteroatoms. The molecule has 1 amide bonds. The Hall–Kier alpha value is -1.45. The zero-order valence-electron chi connectivity index (χ0n) is 16.1. The predicted molar refractivity (Wildman–Crippen MR) is 114 cm³/mol. The number of aliphatic imine (C=N–C) groups is 1. The van der Waals surface area contributed by atoms with E-state index >= 15 is 0 Å². The first-order valence-corrected chi connectivity index (χ1v) is 8.98. The van der Waals surface area contributed by atoms with Gasteiger partial charge in [0.1, 0.15) is 11.6 Å². The van der Waals surface area contributed by atoms with Crippen molar-refractivity contribution in [3.05, 3.63) is 35.4 Å². The van der Waals surface area contributed by atoms with Gasteiger partial charge in [0.25, 0.3) is 0 Å². The van der Waals surface area contributed by atoms with Crippen molar-refractivity contribution >= 4 is 35.8 Å². The zero-order valence-corrected chi connectivity index (χ0v) is 18.5. The molecule has 2 N–H and O–H groups in total. The molecule has 0 saturated heterocycles. The van der Waals surface area contributed by atoms with Crippen molar-refractivity contribution in [2.45, 2.75) is 32.1 Å². The molecule has 1 aromatic carbocycles. The third-order valence-electron chi connectivity index (χ3n) is 4.93. The first-order valence-electron chi connectivity index (χ1n) is 8.98. The maximum atomic E-state index is 13.7. The Bertz CT molecular complexity index is 661. The van der Waals surface area contributed by atoms with Crippen LogP contribution < -0.4 is 10.6 Å². The van der Waals surface area contributed by atoms with E-state index in [0.717, 1.165) is 37.8 Å². The summed E-state index contributed by atoms with van der Waals surface area (Å²) in [5.41, 5.74) is -0.0708. The van der Waals surface area contributed by atoms with E-state index in [2.05, 4.69) is 15.6 Å². The van der Waals surface area contributed by atoms with Gasteiger partial charge in [-0.3, -0.25) is 9.79 Å². The Kier molecular flexibility index (Phi) is 9.41. The molecule has 5 nitrogen and oxygen atoms in total. The second-order valence-corrected chi connectivity index (χ2v) is 7.03. The summed E-state index contributed by atoms with van der Waals surface area (Å²) in [5, 5.41) is 6.32. The zero-order chi connectivity index (χ0) is 19.2. The molecule has 2 rings (SSSR count). The number of amides is 1. The fraction of sp³-hybridized carbons (Fsp3) is 0.579. The largest absolute Gasteiger partial charge is 0.356 e. The van der Waals surface area contributed by atoms with Crippen molar-refractivity contribution in [2.24, 2.45) is 10.4 Å². The van der Waals surface area contributed by atoms with Crippen molar-refractivity contribution < 1.29 is 13.6 Å². The highest BCUT2D eigenvalue weighted by molar-refractivity contribution is 14.0. The maximum absolute atomic E-state index is 13.7. The molecular formula is C19H29F2IN4O. The minimum Gasteiger partial charge on any atom is -0.356 e. The molecule has 1 saturated carbocycles. The Morgan fingerprint density at radius 3 is 2.48 bits per heavy atom. The second kappa shape index (κ2) is 10.8. The van der Waals surface area contributed by atoms with Gasteiger partial charge >= 0.3 is 0 Å². The van der Waals surface area contributed by atoms with Crippen LogP contribution in [0.25, 0.3) is 0 Å². The van der Waals surface area contributed by atoms with E-state index < -0.39 is 17.0 Å². The maximum Gasteiger partial charge on any atom is 0.230 e. The van der Waals surface area contributed by atoms with Crippen LogP contribution in [0.3, 0.4) is 0 Å². The van der Waals surface area contributed by atoms with E-state index in [0.29, 0.717) is 31.0 Å². The molecule has 0 bridgehead atoms. The minimum absolute atomic E-state index is 0. The van der Waals surface area contributed by atoms with Crippen LogP contribution in [-0.4, -0.2) is 51.0 Å². The molecule has 0 atom stereocenters. The van der Waals surface area contributed by atoms with Gasteiger partial charge in [-0.2, -0.15) is 0 Å². The van der Waals surface area contributed by atoms with Gasteiger partial charge in [0.05, 0.1) is 5.41 Å². The molecule has 152 valence electrons. The highest BCUT2D eigenvalue weighted by atomic mass is 127. The lowest BCUT2D eigenvalue weighted by Gasteiger charge is -2.31. The van der Waals surface area contributed by atoms with Crippen molar-refractivity contribution in [3.63, 3.8) is 0 Å². The molecule has 1 aliphatic rings.